The standard InChI is InChI=1S/C22H18N4O2S/c1-14-23-8-9-26(14)20-10-15(6-7-24-20)12-25-22(27)19-11-16-13-28-18-5-3-2-4-17(18)21(16)29-19/h2-11H,12-13H2,1H3,(H,25,27). The van der Waals surface area contributed by atoms with E-state index in [9.17, 15) is 4.79 Å². The maximum absolute atomic E-state index is 12.7. The van der Waals surface area contributed by atoms with E-state index < -0.39 is 0 Å². The van der Waals surface area contributed by atoms with E-state index in [-0.39, 0.29) is 5.91 Å². The van der Waals surface area contributed by atoms with Gasteiger partial charge in [0.05, 0.1) is 4.88 Å². The number of carbonyl (C=O) groups excluding carboxylic acids is 1. The number of fused-ring (bicyclic) bond motifs is 3. The molecule has 6 nitrogen and oxygen atoms in total. The topological polar surface area (TPSA) is 69.0 Å². The van der Waals surface area contributed by atoms with Gasteiger partial charge in [0.15, 0.2) is 0 Å². The lowest BCUT2D eigenvalue weighted by molar-refractivity contribution is 0.0955. The van der Waals surface area contributed by atoms with Crippen molar-refractivity contribution in [2.45, 2.75) is 20.1 Å². The molecule has 1 N–H and O–H groups in total. The molecular weight excluding hydrogens is 384 g/mol. The minimum atomic E-state index is -0.0842. The molecule has 1 amide bonds. The molecule has 0 saturated carbocycles. The van der Waals surface area contributed by atoms with Crippen LogP contribution in [-0.4, -0.2) is 20.4 Å². The van der Waals surface area contributed by atoms with Crippen molar-refractivity contribution in [2.24, 2.45) is 0 Å². The fourth-order valence-corrected chi connectivity index (χ4v) is 4.52. The zero-order valence-electron chi connectivity index (χ0n) is 15.8. The molecule has 0 unspecified atom stereocenters. The van der Waals surface area contributed by atoms with Crippen molar-refractivity contribution >= 4 is 17.2 Å². The van der Waals surface area contributed by atoms with Gasteiger partial charge in [-0.3, -0.25) is 9.36 Å². The van der Waals surface area contributed by atoms with Crippen LogP contribution in [0, 0.1) is 6.92 Å². The quantitative estimate of drug-likeness (QED) is 0.557. The predicted molar refractivity (Wildman–Crippen MR) is 111 cm³/mol. The Morgan fingerprint density at radius 3 is 2.97 bits per heavy atom. The molecule has 0 saturated heterocycles. The summed E-state index contributed by atoms with van der Waals surface area (Å²) in [5.74, 6) is 2.43. The normalized spacial score (nSPS) is 12.0. The molecule has 5 rings (SSSR count). The number of thiophene rings is 1. The van der Waals surface area contributed by atoms with Crippen molar-refractivity contribution in [3.63, 3.8) is 0 Å². The van der Waals surface area contributed by atoms with Gasteiger partial charge in [0.2, 0.25) is 0 Å². The Morgan fingerprint density at radius 2 is 2.10 bits per heavy atom. The number of aromatic nitrogens is 3. The average Bonchev–Trinajstić information content (AvgIpc) is 3.38. The van der Waals surface area contributed by atoms with Gasteiger partial charge in [-0.25, -0.2) is 9.97 Å². The molecule has 1 aromatic carbocycles. The van der Waals surface area contributed by atoms with Crippen LogP contribution in [0.3, 0.4) is 0 Å². The van der Waals surface area contributed by atoms with Crippen LogP contribution in [0.5, 0.6) is 5.75 Å². The number of aryl methyl sites for hydroxylation is 1. The van der Waals surface area contributed by atoms with Gasteiger partial charge in [0.25, 0.3) is 5.91 Å². The number of hydrogen-bond acceptors (Lipinski definition) is 5. The van der Waals surface area contributed by atoms with Crippen LogP contribution in [0.4, 0.5) is 0 Å². The van der Waals surface area contributed by atoms with Gasteiger partial charge in [-0.2, -0.15) is 0 Å². The van der Waals surface area contributed by atoms with Crippen LogP contribution in [-0.2, 0) is 13.2 Å². The molecule has 1 aliphatic rings. The van der Waals surface area contributed by atoms with Gasteiger partial charge in [0, 0.05) is 41.1 Å². The van der Waals surface area contributed by atoms with Crippen LogP contribution in [0.15, 0.2) is 61.1 Å². The van der Waals surface area contributed by atoms with Gasteiger partial charge in [-0.05, 0) is 42.8 Å². The zero-order chi connectivity index (χ0) is 19.8. The third-order valence-corrected chi connectivity index (χ3v) is 6.09. The van der Waals surface area contributed by atoms with Gasteiger partial charge < -0.3 is 10.1 Å². The van der Waals surface area contributed by atoms with Crippen molar-refractivity contribution in [3.05, 3.63) is 82.9 Å². The summed E-state index contributed by atoms with van der Waals surface area (Å²) in [5.41, 5.74) is 3.08. The van der Waals surface area contributed by atoms with E-state index in [1.807, 2.05) is 60.2 Å². The summed E-state index contributed by atoms with van der Waals surface area (Å²) in [7, 11) is 0. The second-order valence-electron chi connectivity index (χ2n) is 6.80. The van der Waals surface area contributed by atoms with Crippen molar-refractivity contribution in [2.75, 3.05) is 0 Å². The summed E-state index contributed by atoms with van der Waals surface area (Å²) in [6.45, 7) is 2.85. The Labute approximate surface area is 171 Å². The van der Waals surface area contributed by atoms with E-state index in [1.165, 1.54) is 11.3 Å². The number of ether oxygens (including phenoxy) is 1. The fraction of sp³-hybridized carbons (Fsp3) is 0.136. The predicted octanol–water partition coefficient (Wildman–Crippen LogP) is 4.13. The van der Waals surface area contributed by atoms with Crippen molar-refractivity contribution in [1.29, 1.82) is 0 Å². The molecule has 7 heteroatoms. The molecule has 0 aliphatic carbocycles. The number of benzene rings is 1. The summed E-state index contributed by atoms with van der Waals surface area (Å²) in [6, 6.07) is 13.7. The molecule has 0 fully saturated rings. The second-order valence-corrected chi connectivity index (χ2v) is 7.85. The van der Waals surface area contributed by atoms with E-state index in [0.717, 1.165) is 39.0 Å². The highest BCUT2D eigenvalue weighted by Crippen LogP contribution is 2.42. The number of hydrogen-bond donors (Lipinski definition) is 1. The van der Waals surface area contributed by atoms with E-state index in [1.54, 1.807) is 12.4 Å². The number of amides is 1. The minimum absolute atomic E-state index is 0.0842. The molecule has 4 heterocycles. The second kappa shape index (κ2) is 7.18. The average molecular weight is 402 g/mol. The fourth-order valence-electron chi connectivity index (χ4n) is 3.40. The Bertz CT molecular complexity index is 1210. The summed E-state index contributed by atoms with van der Waals surface area (Å²) in [6.07, 6.45) is 5.36. The summed E-state index contributed by atoms with van der Waals surface area (Å²) in [4.78, 5) is 23.2. The van der Waals surface area contributed by atoms with Crippen molar-refractivity contribution < 1.29 is 9.53 Å². The lowest BCUT2D eigenvalue weighted by Crippen LogP contribution is -2.22. The lowest BCUT2D eigenvalue weighted by Gasteiger charge is -2.16. The number of rotatable bonds is 4. The summed E-state index contributed by atoms with van der Waals surface area (Å²) >= 11 is 1.51. The van der Waals surface area contributed by atoms with Crippen LogP contribution in [0.25, 0.3) is 16.3 Å². The highest BCUT2D eigenvalue weighted by atomic mass is 32.1. The van der Waals surface area contributed by atoms with E-state index in [2.05, 4.69) is 15.3 Å². The Balaban J connectivity index is 1.33. The molecular formula is C22H18N4O2S. The third-order valence-electron chi connectivity index (χ3n) is 4.88. The number of para-hydroxylation sites is 1. The molecule has 3 aromatic heterocycles. The van der Waals surface area contributed by atoms with Crippen LogP contribution < -0.4 is 10.1 Å². The Morgan fingerprint density at radius 1 is 1.21 bits per heavy atom. The molecule has 0 radical (unpaired) electrons. The van der Waals surface area contributed by atoms with Crippen LogP contribution in [0.1, 0.15) is 26.6 Å². The van der Waals surface area contributed by atoms with Gasteiger partial charge >= 0.3 is 0 Å². The molecule has 29 heavy (non-hydrogen) atoms. The maximum atomic E-state index is 12.7. The first-order valence-electron chi connectivity index (χ1n) is 9.27. The highest BCUT2D eigenvalue weighted by Gasteiger charge is 2.22. The van der Waals surface area contributed by atoms with Crippen molar-refractivity contribution in [1.82, 2.24) is 19.9 Å². The van der Waals surface area contributed by atoms with Gasteiger partial charge in [0.1, 0.15) is 24.0 Å². The van der Waals surface area contributed by atoms with Crippen molar-refractivity contribution in [3.8, 4) is 22.0 Å². The number of carbonyl (C=O) groups is 1. The first kappa shape index (κ1) is 17.6. The maximum Gasteiger partial charge on any atom is 0.261 e. The van der Waals surface area contributed by atoms with E-state index in [4.69, 9.17) is 4.74 Å². The van der Waals surface area contributed by atoms with Crippen LogP contribution >= 0.6 is 11.3 Å². The van der Waals surface area contributed by atoms with Crippen LogP contribution in [0.2, 0.25) is 0 Å². The number of nitrogens with zero attached hydrogens (tertiary/aromatic N) is 3. The monoisotopic (exact) mass is 402 g/mol. The Kier molecular flexibility index (Phi) is 4.37. The zero-order valence-corrected chi connectivity index (χ0v) is 16.6. The smallest absolute Gasteiger partial charge is 0.261 e. The first-order valence-corrected chi connectivity index (χ1v) is 10.1. The largest absolute Gasteiger partial charge is 0.488 e. The Hall–Kier alpha value is -3.45. The summed E-state index contributed by atoms with van der Waals surface area (Å²) in [5, 5.41) is 3.01. The third kappa shape index (κ3) is 3.30. The number of nitrogens with one attached hydrogen (secondary N) is 1. The lowest BCUT2D eigenvalue weighted by atomic mass is 10.1. The molecule has 1 aliphatic heterocycles. The molecule has 4 aromatic rings. The van der Waals surface area contributed by atoms with E-state index >= 15 is 0 Å². The minimum Gasteiger partial charge on any atom is -0.488 e. The number of imidazole rings is 1. The highest BCUT2D eigenvalue weighted by molar-refractivity contribution is 7.17. The number of pyridine rings is 1. The molecule has 0 atom stereocenters. The van der Waals surface area contributed by atoms with Gasteiger partial charge in [-0.15, -0.1) is 11.3 Å². The first-order chi connectivity index (χ1) is 14.2. The summed E-state index contributed by atoms with van der Waals surface area (Å²) < 4.78 is 7.70. The van der Waals surface area contributed by atoms with Gasteiger partial charge in [-0.1, -0.05) is 12.1 Å². The molecule has 144 valence electrons. The van der Waals surface area contributed by atoms with E-state index in [0.29, 0.717) is 18.0 Å². The molecule has 0 bridgehead atoms. The SMILES string of the molecule is Cc1nccn1-c1cc(CNC(=O)c2cc3c(s2)-c2ccccc2OC3)ccn1. The molecule has 0 spiro atoms.